The molecule has 3 atom stereocenters. The van der Waals surface area contributed by atoms with Crippen molar-refractivity contribution in [1.29, 1.82) is 0 Å². The Kier molecular flexibility index (Phi) is 4.26. The van der Waals surface area contributed by atoms with E-state index in [1.165, 1.54) is 45.1 Å². The molecule has 0 saturated heterocycles. The van der Waals surface area contributed by atoms with E-state index >= 15 is 0 Å². The molecule has 2 nitrogen and oxygen atoms in total. The standard InChI is InChI=1S/C14H27NO/c1-3-15-11-14(7-4-8-16-2)10-12-5-6-13(14)9-12/h12-13,15H,3-11H2,1-2H3. The van der Waals surface area contributed by atoms with Crippen molar-refractivity contribution in [3.05, 3.63) is 0 Å². The van der Waals surface area contributed by atoms with E-state index in [-0.39, 0.29) is 0 Å². The van der Waals surface area contributed by atoms with Gasteiger partial charge in [-0.25, -0.2) is 0 Å². The van der Waals surface area contributed by atoms with Gasteiger partial charge < -0.3 is 10.1 Å². The van der Waals surface area contributed by atoms with Crippen LogP contribution in [0.3, 0.4) is 0 Å². The molecule has 0 aromatic heterocycles. The molecule has 0 aromatic carbocycles. The zero-order valence-corrected chi connectivity index (χ0v) is 10.9. The predicted octanol–water partition coefficient (Wildman–Crippen LogP) is 2.83. The Morgan fingerprint density at radius 1 is 1.38 bits per heavy atom. The summed E-state index contributed by atoms with van der Waals surface area (Å²) < 4.78 is 5.21. The fourth-order valence-corrected chi connectivity index (χ4v) is 4.11. The number of methoxy groups -OCH3 is 1. The molecule has 94 valence electrons. The van der Waals surface area contributed by atoms with Crippen molar-refractivity contribution in [2.45, 2.75) is 45.4 Å². The zero-order chi connectivity index (χ0) is 11.4. The van der Waals surface area contributed by atoms with Crippen LogP contribution in [0, 0.1) is 17.3 Å². The van der Waals surface area contributed by atoms with Gasteiger partial charge in [0.1, 0.15) is 0 Å². The van der Waals surface area contributed by atoms with Crippen molar-refractivity contribution >= 4 is 0 Å². The largest absolute Gasteiger partial charge is 0.385 e. The average molecular weight is 225 g/mol. The lowest BCUT2D eigenvalue weighted by Gasteiger charge is -2.38. The molecule has 3 unspecified atom stereocenters. The Bertz CT molecular complexity index is 219. The van der Waals surface area contributed by atoms with Crippen LogP contribution in [0.2, 0.25) is 0 Å². The van der Waals surface area contributed by atoms with Gasteiger partial charge in [0.05, 0.1) is 0 Å². The number of fused-ring (bicyclic) bond motifs is 2. The van der Waals surface area contributed by atoms with E-state index in [2.05, 4.69) is 12.2 Å². The highest BCUT2D eigenvalue weighted by Gasteiger charge is 2.49. The van der Waals surface area contributed by atoms with Gasteiger partial charge in [0, 0.05) is 20.3 Å². The number of nitrogens with one attached hydrogen (secondary N) is 1. The van der Waals surface area contributed by atoms with Crippen molar-refractivity contribution in [3.8, 4) is 0 Å². The van der Waals surface area contributed by atoms with Crippen molar-refractivity contribution in [2.75, 3.05) is 26.8 Å². The lowest BCUT2D eigenvalue weighted by Crippen LogP contribution is -2.38. The third kappa shape index (κ3) is 2.43. The predicted molar refractivity (Wildman–Crippen MR) is 67.5 cm³/mol. The second kappa shape index (κ2) is 5.50. The SMILES string of the molecule is CCNCC1(CCCOC)CC2CCC1C2. The van der Waals surface area contributed by atoms with Crippen LogP contribution in [0.5, 0.6) is 0 Å². The van der Waals surface area contributed by atoms with Crippen LogP contribution in [0.4, 0.5) is 0 Å². The van der Waals surface area contributed by atoms with Crippen LogP contribution in [-0.2, 0) is 4.74 Å². The van der Waals surface area contributed by atoms with Crippen molar-refractivity contribution in [2.24, 2.45) is 17.3 Å². The zero-order valence-electron chi connectivity index (χ0n) is 10.9. The molecule has 2 fully saturated rings. The van der Waals surface area contributed by atoms with Crippen LogP contribution in [0.25, 0.3) is 0 Å². The molecular weight excluding hydrogens is 198 g/mol. The van der Waals surface area contributed by atoms with Crippen molar-refractivity contribution in [3.63, 3.8) is 0 Å². The molecule has 2 saturated carbocycles. The molecule has 1 N–H and O–H groups in total. The summed E-state index contributed by atoms with van der Waals surface area (Å²) in [5.41, 5.74) is 0.622. The highest BCUT2D eigenvalue weighted by atomic mass is 16.5. The molecule has 0 amide bonds. The molecule has 2 aliphatic carbocycles. The third-order valence-corrected chi connectivity index (χ3v) is 4.85. The molecular formula is C14H27NO. The van der Waals surface area contributed by atoms with Gasteiger partial charge in [0.25, 0.3) is 0 Å². The van der Waals surface area contributed by atoms with E-state index in [1.54, 1.807) is 0 Å². The molecule has 2 aliphatic rings. The summed E-state index contributed by atoms with van der Waals surface area (Å²) in [6, 6.07) is 0. The first-order valence-electron chi connectivity index (χ1n) is 7.00. The number of hydrogen-bond acceptors (Lipinski definition) is 2. The molecule has 2 heteroatoms. The first-order chi connectivity index (χ1) is 7.80. The molecule has 0 aromatic rings. The minimum atomic E-state index is 0.622. The maximum atomic E-state index is 5.21. The van der Waals surface area contributed by atoms with Crippen LogP contribution in [-0.4, -0.2) is 26.8 Å². The second-order valence-corrected chi connectivity index (χ2v) is 5.82. The minimum Gasteiger partial charge on any atom is -0.385 e. The Labute approximate surface area is 100 Å². The van der Waals surface area contributed by atoms with Crippen LogP contribution in [0.1, 0.15) is 45.4 Å². The molecule has 2 bridgehead atoms. The van der Waals surface area contributed by atoms with Gasteiger partial charge in [0.2, 0.25) is 0 Å². The van der Waals surface area contributed by atoms with E-state index < -0.39 is 0 Å². The molecule has 0 heterocycles. The van der Waals surface area contributed by atoms with Gasteiger partial charge >= 0.3 is 0 Å². The fraction of sp³-hybridized carbons (Fsp3) is 1.00. The normalized spacial score (nSPS) is 37.1. The van der Waals surface area contributed by atoms with E-state index in [9.17, 15) is 0 Å². The third-order valence-electron chi connectivity index (χ3n) is 4.85. The Morgan fingerprint density at radius 3 is 2.81 bits per heavy atom. The first-order valence-corrected chi connectivity index (χ1v) is 7.00. The summed E-state index contributed by atoms with van der Waals surface area (Å²) in [5, 5.41) is 3.60. The molecule has 0 spiro atoms. The quantitative estimate of drug-likeness (QED) is 0.673. The second-order valence-electron chi connectivity index (χ2n) is 5.82. The maximum absolute atomic E-state index is 5.21. The summed E-state index contributed by atoms with van der Waals surface area (Å²) in [6.07, 6.45) is 8.60. The molecule has 2 rings (SSSR count). The highest BCUT2D eigenvalue weighted by Crippen LogP contribution is 2.57. The maximum Gasteiger partial charge on any atom is 0.0462 e. The summed E-state index contributed by atoms with van der Waals surface area (Å²) >= 11 is 0. The van der Waals surface area contributed by atoms with Crippen LogP contribution < -0.4 is 5.32 Å². The molecule has 0 aliphatic heterocycles. The van der Waals surface area contributed by atoms with Gasteiger partial charge in [-0.2, -0.15) is 0 Å². The lowest BCUT2D eigenvalue weighted by molar-refractivity contribution is 0.115. The Morgan fingerprint density at radius 2 is 2.25 bits per heavy atom. The average Bonchev–Trinajstić information content (AvgIpc) is 2.87. The summed E-state index contributed by atoms with van der Waals surface area (Å²) in [4.78, 5) is 0. The minimum absolute atomic E-state index is 0.622. The Balaban J connectivity index is 1.90. The van der Waals surface area contributed by atoms with Crippen molar-refractivity contribution < 1.29 is 4.74 Å². The highest BCUT2D eigenvalue weighted by molar-refractivity contribution is 5.01. The van der Waals surface area contributed by atoms with Gasteiger partial charge in [-0.05, 0) is 55.9 Å². The van der Waals surface area contributed by atoms with Gasteiger partial charge in [-0.1, -0.05) is 13.3 Å². The smallest absolute Gasteiger partial charge is 0.0462 e. The van der Waals surface area contributed by atoms with Gasteiger partial charge in [0.15, 0.2) is 0 Å². The number of hydrogen-bond donors (Lipinski definition) is 1. The fourth-order valence-electron chi connectivity index (χ4n) is 4.11. The molecule has 0 radical (unpaired) electrons. The van der Waals surface area contributed by atoms with Gasteiger partial charge in [-0.3, -0.25) is 0 Å². The Hall–Kier alpha value is -0.0800. The van der Waals surface area contributed by atoms with E-state index in [4.69, 9.17) is 4.74 Å². The summed E-state index contributed by atoms with van der Waals surface area (Å²) in [6.45, 7) is 5.51. The van der Waals surface area contributed by atoms with E-state index in [0.29, 0.717) is 5.41 Å². The van der Waals surface area contributed by atoms with Crippen LogP contribution >= 0.6 is 0 Å². The monoisotopic (exact) mass is 225 g/mol. The van der Waals surface area contributed by atoms with Gasteiger partial charge in [-0.15, -0.1) is 0 Å². The number of ether oxygens (including phenoxy) is 1. The lowest BCUT2D eigenvalue weighted by atomic mass is 9.70. The van der Waals surface area contributed by atoms with Crippen molar-refractivity contribution in [1.82, 2.24) is 5.32 Å². The first kappa shape index (κ1) is 12.4. The van der Waals surface area contributed by atoms with E-state index in [1.807, 2.05) is 7.11 Å². The van der Waals surface area contributed by atoms with Crippen LogP contribution in [0.15, 0.2) is 0 Å². The molecule has 16 heavy (non-hydrogen) atoms. The number of rotatable bonds is 7. The topological polar surface area (TPSA) is 21.3 Å². The van der Waals surface area contributed by atoms with E-state index in [0.717, 1.165) is 25.0 Å². The summed E-state index contributed by atoms with van der Waals surface area (Å²) in [5.74, 6) is 2.06. The summed E-state index contributed by atoms with van der Waals surface area (Å²) in [7, 11) is 1.82.